The van der Waals surface area contributed by atoms with Gasteiger partial charge in [-0.3, -0.25) is 0 Å². The zero-order valence-electron chi connectivity index (χ0n) is 8.12. The molecule has 0 aliphatic carbocycles. The maximum atomic E-state index is 4.36. The van der Waals surface area contributed by atoms with Crippen LogP contribution in [-0.2, 0) is 6.54 Å². The number of hydrogen-bond acceptors (Lipinski definition) is 1. The molecular weight excluding hydrogens is 160 g/mol. The zero-order chi connectivity index (χ0) is 9.26. The lowest BCUT2D eigenvalue weighted by atomic mass is 10.2. The molecule has 0 saturated carbocycles. The molecule has 0 unspecified atom stereocenters. The average molecular weight is 174 g/mol. The molecule has 68 valence electrons. The van der Waals surface area contributed by atoms with Crippen LogP contribution in [0.25, 0.3) is 11.0 Å². The lowest BCUT2D eigenvalue weighted by Gasteiger charge is -2.03. The molecule has 0 spiro atoms. The molecule has 2 heteroatoms. The van der Waals surface area contributed by atoms with Crippen molar-refractivity contribution in [3.63, 3.8) is 0 Å². The van der Waals surface area contributed by atoms with Gasteiger partial charge in [0.25, 0.3) is 0 Å². The van der Waals surface area contributed by atoms with Crippen LogP contribution in [0.5, 0.6) is 0 Å². The molecule has 2 aromatic rings. The first-order chi connectivity index (χ1) is 6.33. The number of hydrogen-bond donors (Lipinski definition) is 0. The summed E-state index contributed by atoms with van der Waals surface area (Å²) in [4.78, 5) is 4.36. The lowest BCUT2D eigenvalue weighted by Crippen LogP contribution is -1.95. The molecule has 0 aliphatic rings. The van der Waals surface area contributed by atoms with Crippen LogP contribution in [0, 0.1) is 6.92 Å². The van der Waals surface area contributed by atoms with Crippen molar-refractivity contribution in [2.75, 3.05) is 0 Å². The Balaban J connectivity index is 2.64. The van der Waals surface area contributed by atoms with Gasteiger partial charge in [0.1, 0.15) is 0 Å². The zero-order valence-corrected chi connectivity index (χ0v) is 8.12. The maximum absolute atomic E-state index is 4.36. The van der Waals surface area contributed by atoms with E-state index >= 15 is 0 Å². The fraction of sp³-hybridized carbons (Fsp3) is 0.364. The minimum atomic E-state index is 1.06. The molecule has 2 nitrogen and oxygen atoms in total. The van der Waals surface area contributed by atoms with Gasteiger partial charge < -0.3 is 4.57 Å². The van der Waals surface area contributed by atoms with Gasteiger partial charge in [0.15, 0.2) is 0 Å². The summed E-state index contributed by atoms with van der Waals surface area (Å²) in [5, 5.41) is 0. The molecule has 1 heterocycles. The smallest absolute Gasteiger partial charge is 0.0958 e. The number of nitrogens with zero attached hydrogens (tertiary/aromatic N) is 2. The van der Waals surface area contributed by atoms with Crippen molar-refractivity contribution in [1.29, 1.82) is 0 Å². The summed E-state index contributed by atoms with van der Waals surface area (Å²) in [5.41, 5.74) is 3.70. The molecule has 0 amide bonds. The fourth-order valence-electron chi connectivity index (χ4n) is 1.72. The van der Waals surface area contributed by atoms with E-state index in [1.165, 1.54) is 11.1 Å². The highest BCUT2D eigenvalue weighted by atomic mass is 15.0. The first kappa shape index (κ1) is 8.30. The average Bonchev–Trinajstić information content (AvgIpc) is 2.51. The minimum Gasteiger partial charge on any atom is -0.330 e. The van der Waals surface area contributed by atoms with Crippen molar-refractivity contribution in [3.8, 4) is 0 Å². The third-order valence-corrected chi connectivity index (χ3v) is 2.30. The number of aromatic nitrogens is 2. The second-order valence-corrected chi connectivity index (χ2v) is 3.38. The molecule has 0 atom stereocenters. The van der Waals surface area contributed by atoms with Gasteiger partial charge in [0.2, 0.25) is 0 Å². The Kier molecular flexibility index (Phi) is 2.05. The van der Waals surface area contributed by atoms with E-state index in [1.54, 1.807) is 0 Å². The van der Waals surface area contributed by atoms with E-state index in [0.717, 1.165) is 18.5 Å². The van der Waals surface area contributed by atoms with Gasteiger partial charge in [-0.2, -0.15) is 0 Å². The first-order valence-electron chi connectivity index (χ1n) is 4.73. The first-order valence-corrected chi connectivity index (χ1v) is 4.73. The van der Waals surface area contributed by atoms with Crippen LogP contribution >= 0.6 is 0 Å². The molecule has 0 bridgehead atoms. The summed E-state index contributed by atoms with van der Waals surface area (Å²) in [5.74, 6) is 0. The van der Waals surface area contributed by atoms with Gasteiger partial charge >= 0.3 is 0 Å². The Bertz CT molecular complexity index is 415. The third kappa shape index (κ3) is 1.32. The monoisotopic (exact) mass is 174 g/mol. The van der Waals surface area contributed by atoms with E-state index in [2.05, 4.69) is 41.6 Å². The van der Waals surface area contributed by atoms with E-state index in [9.17, 15) is 0 Å². The summed E-state index contributed by atoms with van der Waals surface area (Å²) >= 11 is 0. The highest BCUT2D eigenvalue weighted by Gasteiger charge is 2.02. The summed E-state index contributed by atoms with van der Waals surface area (Å²) in [6, 6.07) is 6.26. The normalized spacial score (nSPS) is 10.9. The summed E-state index contributed by atoms with van der Waals surface area (Å²) in [6.45, 7) is 5.38. The Hall–Kier alpha value is -1.31. The highest BCUT2D eigenvalue weighted by Crippen LogP contribution is 2.16. The Morgan fingerprint density at radius 1 is 1.38 bits per heavy atom. The molecule has 0 radical (unpaired) electrons. The minimum absolute atomic E-state index is 1.06. The van der Waals surface area contributed by atoms with Crippen molar-refractivity contribution >= 4 is 11.0 Å². The molecular formula is C11H14N2. The van der Waals surface area contributed by atoms with Crippen LogP contribution in [0.15, 0.2) is 24.5 Å². The number of para-hydroxylation sites is 1. The van der Waals surface area contributed by atoms with Crippen LogP contribution in [-0.4, -0.2) is 9.55 Å². The summed E-state index contributed by atoms with van der Waals surface area (Å²) < 4.78 is 2.23. The van der Waals surface area contributed by atoms with E-state index in [4.69, 9.17) is 0 Å². The predicted octanol–water partition coefficient (Wildman–Crippen LogP) is 2.75. The summed E-state index contributed by atoms with van der Waals surface area (Å²) in [6.07, 6.45) is 3.08. The second-order valence-electron chi connectivity index (χ2n) is 3.38. The second kappa shape index (κ2) is 3.21. The van der Waals surface area contributed by atoms with Crippen LogP contribution in [0.4, 0.5) is 0 Å². The Morgan fingerprint density at radius 3 is 3.00 bits per heavy atom. The van der Waals surface area contributed by atoms with Gasteiger partial charge in [-0.15, -0.1) is 0 Å². The highest BCUT2D eigenvalue weighted by molar-refractivity contribution is 5.78. The number of benzene rings is 1. The number of rotatable bonds is 2. The summed E-state index contributed by atoms with van der Waals surface area (Å²) in [7, 11) is 0. The quantitative estimate of drug-likeness (QED) is 0.684. The molecule has 0 saturated heterocycles. The van der Waals surface area contributed by atoms with Crippen LogP contribution < -0.4 is 0 Å². The Labute approximate surface area is 78.2 Å². The molecule has 2 rings (SSSR count). The van der Waals surface area contributed by atoms with Crippen molar-refractivity contribution in [2.24, 2.45) is 0 Å². The predicted molar refractivity (Wildman–Crippen MR) is 54.8 cm³/mol. The van der Waals surface area contributed by atoms with Gasteiger partial charge in [-0.25, -0.2) is 4.98 Å². The van der Waals surface area contributed by atoms with E-state index in [0.29, 0.717) is 0 Å². The molecule has 0 fully saturated rings. The standard InChI is InChI=1S/C11H14N2/c1-3-7-13-8-12-10-6-4-5-9(2)11(10)13/h4-6,8H,3,7H2,1-2H3. The third-order valence-electron chi connectivity index (χ3n) is 2.30. The van der Waals surface area contributed by atoms with Crippen molar-refractivity contribution < 1.29 is 0 Å². The van der Waals surface area contributed by atoms with E-state index < -0.39 is 0 Å². The van der Waals surface area contributed by atoms with E-state index in [1.807, 2.05) is 6.33 Å². The van der Waals surface area contributed by atoms with Crippen LogP contribution in [0.3, 0.4) is 0 Å². The van der Waals surface area contributed by atoms with Crippen LogP contribution in [0.1, 0.15) is 18.9 Å². The van der Waals surface area contributed by atoms with Gasteiger partial charge in [-0.05, 0) is 25.0 Å². The van der Waals surface area contributed by atoms with Gasteiger partial charge in [-0.1, -0.05) is 19.1 Å². The molecule has 0 N–H and O–H groups in total. The van der Waals surface area contributed by atoms with Gasteiger partial charge in [0.05, 0.1) is 17.4 Å². The fourth-order valence-corrected chi connectivity index (χ4v) is 1.72. The van der Waals surface area contributed by atoms with Gasteiger partial charge in [0, 0.05) is 6.54 Å². The van der Waals surface area contributed by atoms with Crippen molar-refractivity contribution in [1.82, 2.24) is 9.55 Å². The molecule has 0 aliphatic heterocycles. The van der Waals surface area contributed by atoms with E-state index in [-0.39, 0.29) is 0 Å². The lowest BCUT2D eigenvalue weighted by molar-refractivity contribution is 0.696. The Morgan fingerprint density at radius 2 is 2.23 bits per heavy atom. The number of aryl methyl sites for hydroxylation is 2. The van der Waals surface area contributed by atoms with Crippen molar-refractivity contribution in [2.45, 2.75) is 26.8 Å². The number of imidazole rings is 1. The molecule has 1 aromatic carbocycles. The molecule has 13 heavy (non-hydrogen) atoms. The van der Waals surface area contributed by atoms with Crippen molar-refractivity contribution in [3.05, 3.63) is 30.1 Å². The van der Waals surface area contributed by atoms with Crippen LogP contribution in [0.2, 0.25) is 0 Å². The topological polar surface area (TPSA) is 17.8 Å². The largest absolute Gasteiger partial charge is 0.330 e. The number of fused-ring (bicyclic) bond motifs is 1. The molecule has 1 aromatic heterocycles. The maximum Gasteiger partial charge on any atom is 0.0958 e. The SMILES string of the molecule is CCCn1cnc2cccc(C)c21.